The van der Waals surface area contributed by atoms with Crippen molar-refractivity contribution in [1.29, 1.82) is 0 Å². The molecule has 0 unspecified atom stereocenters. The van der Waals surface area contributed by atoms with Crippen molar-refractivity contribution in [1.82, 2.24) is 4.98 Å². The topological polar surface area (TPSA) is 12.9 Å². The van der Waals surface area contributed by atoms with Gasteiger partial charge in [-0.3, -0.25) is 0 Å². The summed E-state index contributed by atoms with van der Waals surface area (Å²) in [5, 5.41) is 1.84. The van der Waals surface area contributed by atoms with Crippen molar-refractivity contribution in [2.24, 2.45) is 5.92 Å². The summed E-state index contributed by atoms with van der Waals surface area (Å²) in [4.78, 5) is 4.25. The molecule has 1 nitrogen and oxygen atoms in total. The molecule has 3 heteroatoms. The van der Waals surface area contributed by atoms with Gasteiger partial charge in [0.05, 0.1) is 5.03 Å². The maximum absolute atomic E-state index is 5.85. The summed E-state index contributed by atoms with van der Waals surface area (Å²) in [6.45, 7) is 0. The van der Waals surface area contributed by atoms with Crippen LogP contribution in [0.5, 0.6) is 0 Å². The van der Waals surface area contributed by atoms with Crippen LogP contribution in [-0.2, 0) is 0 Å². The number of thioether (sulfide) groups is 1. The second-order valence-corrected chi connectivity index (χ2v) is 4.90. The second-order valence-electron chi connectivity index (χ2n) is 3.42. The maximum Gasteiger partial charge on any atom is 0.0974 e. The van der Waals surface area contributed by atoms with E-state index in [0.29, 0.717) is 0 Å². The van der Waals surface area contributed by atoms with Gasteiger partial charge in [0.1, 0.15) is 0 Å². The molecule has 0 aromatic carbocycles. The van der Waals surface area contributed by atoms with Gasteiger partial charge in [0.15, 0.2) is 0 Å². The largest absolute Gasteiger partial charge is 0.250 e. The van der Waals surface area contributed by atoms with Gasteiger partial charge in [0.2, 0.25) is 0 Å². The minimum atomic E-state index is 0.783. The van der Waals surface area contributed by atoms with E-state index in [1.165, 1.54) is 25.0 Å². The summed E-state index contributed by atoms with van der Waals surface area (Å²) in [6, 6.07) is 3.75. The Morgan fingerprint density at radius 2 is 2.38 bits per heavy atom. The first-order chi connectivity index (χ1) is 6.34. The molecule has 0 saturated heterocycles. The fourth-order valence-electron chi connectivity index (χ4n) is 1.33. The third-order valence-corrected chi connectivity index (χ3v) is 3.78. The molecule has 0 amide bonds. The maximum atomic E-state index is 5.85. The quantitative estimate of drug-likeness (QED) is 0.712. The molecule has 0 bridgehead atoms. The Hall–Kier alpha value is -0.210. The molecule has 1 aliphatic rings. The molecule has 1 aliphatic carbocycles. The van der Waals surface area contributed by atoms with Crippen LogP contribution in [0.15, 0.2) is 23.4 Å². The molecule has 0 radical (unpaired) electrons. The van der Waals surface area contributed by atoms with E-state index in [4.69, 9.17) is 11.6 Å². The molecule has 0 aliphatic heterocycles. The molecule has 1 aromatic heterocycles. The molecular formula is C10H12ClNS. The molecule has 1 aromatic rings. The molecule has 0 spiro atoms. The van der Waals surface area contributed by atoms with E-state index in [2.05, 4.69) is 4.98 Å². The van der Waals surface area contributed by atoms with Crippen LogP contribution < -0.4 is 0 Å². The zero-order chi connectivity index (χ0) is 9.10. The number of hydrogen-bond donors (Lipinski definition) is 0. The van der Waals surface area contributed by atoms with Gasteiger partial charge in [-0.15, -0.1) is 11.8 Å². The molecular weight excluding hydrogens is 202 g/mol. The van der Waals surface area contributed by atoms with E-state index in [1.54, 1.807) is 6.20 Å². The lowest BCUT2D eigenvalue weighted by Gasteiger charge is -2.24. The lowest BCUT2D eigenvalue weighted by Crippen LogP contribution is -2.13. The summed E-state index contributed by atoms with van der Waals surface area (Å²) < 4.78 is 0. The van der Waals surface area contributed by atoms with Crippen LogP contribution in [0.3, 0.4) is 0 Å². The highest BCUT2D eigenvalue weighted by Crippen LogP contribution is 2.32. The van der Waals surface area contributed by atoms with Crippen LogP contribution in [-0.4, -0.2) is 10.7 Å². The Morgan fingerprint density at radius 1 is 1.54 bits per heavy atom. The summed E-state index contributed by atoms with van der Waals surface area (Å²) in [7, 11) is 0. The van der Waals surface area contributed by atoms with Crippen molar-refractivity contribution in [2.45, 2.75) is 24.3 Å². The van der Waals surface area contributed by atoms with Crippen molar-refractivity contribution >= 4 is 23.4 Å². The average Bonchev–Trinajstić information content (AvgIpc) is 2.01. The van der Waals surface area contributed by atoms with Crippen molar-refractivity contribution in [3.05, 3.63) is 23.4 Å². The Balaban J connectivity index is 1.86. The molecule has 1 fully saturated rings. The molecule has 0 atom stereocenters. The summed E-state index contributed by atoms with van der Waals surface area (Å²) in [5.74, 6) is 2.12. The predicted octanol–water partition coefficient (Wildman–Crippen LogP) is 3.63. The lowest BCUT2D eigenvalue weighted by atomic mass is 9.87. The van der Waals surface area contributed by atoms with Gasteiger partial charge in [-0.2, -0.15) is 0 Å². The van der Waals surface area contributed by atoms with Gasteiger partial charge in [0.25, 0.3) is 0 Å². The van der Waals surface area contributed by atoms with Crippen LogP contribution >= 0.6 is 23.4 Å². The van der Waals surface area contributed by atoms with Crippen LogP contribution in [0.25, 0.3) is 0 Å². The van der Waals surface area contributed by atoms with Gasteiger partial charge in [-0.25, -0.2) is 4.98 Å². The first kappa shape index (κ1) is 9.35. The van der Waals surface area contributed by atoms with Crippen LogP contribution in [0.4, 0.5) is 0 Å². The number of hydrogen-bond acceptors (Lipinski definition) is 2. The predicted molar refractivity (Wildman–Crippen MR) is 57.3 cm³/mol. The SMILES string of the molecule is Clc1ccnc(SCC2CCC2)c1. The normalized spacial score (nSPS) is 17.0. The minimum Gasteiger partial charge on any atom is -0.250 e. The number of pyridine rings is 1. The zero-order valence-corrected chi connectivity index (χ0v) is 8.94. The third-order valence-electron chi connectivity index (χ3n) is 2.39. The Labute approximate surface area is 87.9 Å². The van der Waals surface area contributed by atoms with E-state index >= 15 is 0 Å². The van der Waals surface area contributed by atoms with Gasteiger partial charge in [-0.05, 0) is 30.9 Å². The van der Waals surface area contributed by atoms with Crippen LogP contribution in [0.1, 0.15) is 19.3 Å². The standard InChI is InChI=1S/C10H12ClNS/c11-9-4-5-12-10(6-9)13-7-8-2-1-3-8/h4-6,8H,1-3,7H2. The Kier molecular flexibility index (Phi) is 3.12. The Morgan fingerprint density at radius 3 is 3.00 bits per heavy atom. The van der Waals surface area contributed by atoms with Crippen molar-refractivity contribution < 1.29 is 0 Å². The highest BCUT2D eigenvalue weighted by molar-refractivity contribution is 7.99. The van der Waals surface area contributed by atoms with E-state index < -0.39 is 0 Å². The summed E-state index contributed by atoms with van der Waals surface area (Å²) in [6.07, 6.45) is 5.97. The highest BCUT2D eigenvalue weighted by Gasteiger charge is 2.17. The summed E-state index contributed by atoms with van der Waals surface area (Å²) >= 11 is 7.68. The zero-order valence-electron chi connectivity index (χ0n) is 7.37. The van der Waals surface area contributed by atoms with Crippen LogP contribution in [0, 0.1) is 5.92 Å². The Bertz CT molecular complexity index is 286. The summed E-state index contributed by atoms with van der Waals surface area (Å²) in [5.41, 5.74) is 0. The molecule has 70 valence electrons. The molecule has 0 N–H and O–H groups in total. The van der Waals surface area contributed by atoms with Crippen LogP contribution in [0.2, 0.25) is 5.02 Å². The van der Waals surface area contributed by atoms with Crippen molar-refractivity contribution in [3.8, 4) is 0 Å². The first-order valence-electron chi connectivity index (χ1n) is 4.59. The van der Waals surface area contributed by atoms with Gasteiger partial charge in [0, 0.05) is 17.0 Å². The second kappa shape index (κ2) is 4.34. The van der Waals surface area contributed by atoms with Gasteiger partial charge >= 0.3 is 0 Å². The van der Waals surface area contributed by atoms with Gasteiger partial charge in [-0.1, -0.05) is 18.0 Å². The van der Waals surface area contributed by atoms with Gasteiger partial charge < -0.3 is 0 Å². The van der Waals surface area contributed by atoms with Crippen molar-refractivity contribution in [2.75, 3.05) is 5.75 Å². The molecule has 13 heavy (non-hydrogen) atoms. The van der Waals surface area contributed by atoms with E-state index in [9.17, 15) is 0 Å². The lowest BCUT2D eigenvalue weighted by molar-refractivity contribution is 0.353. The minimum absolute atomic E-state index is 0.783. The fraction of sp³-hybridized carbons (Fsp3) is 0.500. The first-order valence-corrected chi connectivity index (χ1v) is 5.95. The number of halogens is 1. The monoisotopic (exact) mass is 213 g/mol. The number of rotatable bonds is 3. The smallest absolute Gasteiger partial charge is 0.0974 e. The molecule has 2 rings (SSSR count). The third kappa shape index (κ3) is 2.61. The average molecular weight is 214 g/mol. The number of nitrogens with zero attached hydrogens (tertiary/aromatic N) is 1. The van der Waals surface area contributed by atoms with E-state index in [0.717, 1.165) is 16.0 Å². The van der Waals surface area contributed by atoms with E-state index in [-0.39, 0.29) is 0 Å². The van der Waals surface area contributed by atoms with Crippen molar-refractivity contribution in [3.63, 3.8) is 0 Å². The van der Waals surface area contributed by atoms with E-state index in [1.807, 2.05) is 23.9 Å². The molecule has 1 heterocycles. The molecule has 1 saturated carbocycles. The number of aromatic nitrogens is 1. The fourth-order valence-corrected chi connectivity index (χ4v) is 2.64. The highest BCUT2D eigenvalue weighted by atomic mass is 35.5.